The van der Waals surface area contributed by atoms with Crippen LogP contribution in [0.1, 0.15) is 16.1 Å². The van der Waals surface area contributed by atoms with Crippen molar-refractivity contribution in [3.8, 4) is 16.9 Å². The summed E-state index contributed by atoms with van der Waals surface area (Å²) in [7, 11) is 0. The van der Waals surface area contributed by atoms with E-state index < -0.39 is 0 Å². The Morgan fingerprint density at radius 1 is 0.842 bits per heavy atom. The molecule has 2 heterocycles. The molecular formula is C31H24N6S. The van der Waals surface area contributed by atoms with E-state index >= 15 is 0 Å². The maximum Gasteiger partial charge on any atom is 0.183 e. The van der Waals surface area contributed by atoms with Gasteiger partial charge in [-0.3, -0.25) is 5.43 Å². The summed E-state index contributed by atoms with van der Waals surface area (Å²) in [6, 6.07) is 36.3. The Bertz CT molecular complexity index is 1700. The molecule has 1 N–H and O–H groups in total. The zero-order valence-corrected chi connectivity index (χ0v) is 21.5. The summed E-state index contributed by atoms with van der Waals surface area (Å²) in [5.41, 5.74) is 9.83. The van der Waals surface area contributed by atoms with Gasteiger partial charge in [0.15, 0.2) is 10.8 Å². The number of benzene rings is 4. The summed E-state index contributed by atoms with van der Waals surface area (Å²) in [5.74, 6) is 0.586. The van der Waals surface area contributed by atoms with E-state index in [2.05, 4.69) is 23.5 Å². The molecule has 0 atom stereocenters. The van der Waals surface area contributed by atoms with Crippen LogP contribution in [0.3, 0.4) is 0 Å². The summed E-state index contributed by atoms with van der Waals surface area (Å²) >= 11 is 1.58. The number of thiazole rings is 1. The Morgan fingerprint density at radius 3 is 2.32 bits per heavy atom. The quantitative estimate of drug-likeness (QED) is 0.146. The van der Waals surface area contributed by atoms with Crippen LogP contribution < -0.4 is 5.43 Å². The van der Waals surface area contributed by atoms with Gasteiger partial charge in [-0.2, -0.15) is 10.2 Å². The van der Waals surface area contributed by atoms with Gasteiger partial charge >= 0.3 is 0 Å². The van der Waals surface area contributed by atoms with Crippen molar-refractivity contribution < 1.29 is 0 Å². The zero-order valence-electron chi connectivity index (χ0n) is 20.7. The third kappa shape index (κ3) is 5.14. The van der Waals surface area contributed by atoms with Gasteiger partial charge in [0.2, 0.25) is 0 Å². The fourth-order valence-corrected chi connectivity index (χ4v) is 4.93. The zero-order chi connectivity index (χ0) is 25.7. The third-order valence-electron chi connectivity index (χ3n) is 5.96. The van der Waals surface area contributed by atoms with Crippen LogP contribution in [-0.4, -0.2) is 26.8 Å². The van der Waals surface area contributed by atoms with Crippen molar-refractivity contribution >= 4 is 39.3 Å². The first-order valence-corrected chi connectivity index (χ1v) is 13.1. The van der Waals surface area contributed by atoms with E-state index in [0.29, 0.717) is 5.84 Å². The Balaban J connectivity index is 1.37. The van der Waals surface area contributed by atoms with Gasteiger partial charge in [-0.25, -0.2) is 14.7 Å². The molecule has 0 spiro atoms. The minimum atomic E-state index is 0.586. The Labute approximate surface area is 224 Å². The largest absolute Gasteiger partial charge is 0.259 e. The Hall–Kier alpha value is -4.88. The molecular weight excluding hydrogens is 488 g/mol. The molecule has 2 aromatic heterocycles. The predicted octanol–water partition coefficient (Wildman–Crippen LogP) is 7.16. The number of hydrazone groups is 1. The highest BCUT2D eigenvalue weighted by molar-refractivity contribution is 7.20. The first kappa shape index (κ1) is 23.5. The van der Waals surface area contributed by atoms with E-state index in [4.69, 9.17) is 15.1 Å². The van der Waals surface area contributed by atoms with Gasteiger partial charge in [-0.15, -0.1) is 11.3 Å². The SMILES string of the molecule is Cc1ccc(N=C(N/N=C/c2cn(-c3ccccc3)nc2-c2ccccc2)c2nc3ccccc3s2)cc1. The van der Waals surface area contributed by atoms with E-state index in [-0.39, 0.29) is 0 Å². The van der Waals surface area contributed by atoms with E-state index in [1.54, 1.807) is 17.6 Å². The number of aliphatic imine (C=N–C) groups is 1. The molecule has 0 aliphatic carbocycles. The second kappa shape index (κ2) is 10.6. The van der Waals surface area contributed by atoms with Crippen LogP contribution in [0.25, 0.3) is 27.2 Å². The maximum atomic E-state index is 4.87. The fourth-order valence-electron chi connectivity index (χ4n) is 4.02. The summed E-state index contributed by atoms with van der Waals surface area (Å²) in [6.45, 7) is 2.06. The van der Waals surface area contributed by atoms with Crippen LogP contribution in [0.15, 0.2) is 125 Å². The normalized spacial score (nSPS) is 11.9. The molecule has 6 rings (SSSR count). The summed E-state index contributed by atoms with van der Waals surface area (Å²) in [4.78, 5) is 9.64. The lowest BCUT2D eigenvalue weighted by Gasteiger charge is -2.03. The number of rotatable bonds is 6. The van der Waals surface area contributed by atoms with Crippen molar-refractivity contribution in [2.24, 2.45) is 10.1 Å². The van der Waals surface area contributed by atoms with Crippen molar-refractivity contribution in [3.63, 3.8) is 0 Å². The van der Waals surface area contributed by atoms with E-state index in [1.165, 1.54) is 5.56 Å². The highest BCUT2D eigenvalue weighted by Crippen LogP contribution is 2.24. The molecule has 0 fully saturated rings. The van der Waals surface area contributed by atoms with Gasteiger partial charge < -0.3 is 0 Å². The van der Waals surface area contributed by atoms with Crippen LogP contribution >= 0.6 is 11.3 Å². The third-order valence-corrected chi connectivity index (χ3v) is 7.00. The van der Waals surface area contributed by atoms with Crippen LogP contribution in [0.4, 0.5) is 5.69 Å². The summed E-state index contributed by atoms with van der Waals surface area (Å²) in [5, 5.41) is 10.2. The van der Waals surface area contributed by atoms with Crippen LogP contribution in [-0.2, 0) is 0 Å². The molecule has 0 aliphatic heterocycles. The van der Waals surface area contributed by atoms with Gasteiger partial charge in [0.1, 0.15) is 5.69 Å². The highest BCUT2D eigenvalue weighted by atomic mass is 32.1. The smallest absolute Gasteiger partial charge is 0.183 e. The van der Waals surface area contributed by atoms with E-state index in [0.717, 1.165) is 43.4 Å². The lowest BCUT2D eigenvalue weighted by atomic mass is 10.1. The molecule has 4 aromatic carbocycles. The van der Waals surface area contributed by atoms with Crippen LogP contribution in [0.2, 0.25) is 0 Å². The van der Waals surface area contributed by atoms with Gasteiger partial charge in [-0.1, -0.05) is 78.4 Å². The average Bonchev–Trinajstić information content (AvgIpc) is 3.59. The topological polar surface area (TPSA) is 67.5 Å². The number of amidine groups is 1. The Morgan fingerprint density at radius 2 is 1.55 bits per heavy atom. The average molecular weight is 513 g/mol. The molecule has 7 heteroatoms. The fraction of sp³-hybridized carbons (Fsp3) is 0.0323. The first-order chi connectivity index (χ1) is 18.7. The molecule has 6 aromatic rings. The molecule has 184 valence electrons. The summed E-state index contributed by atoms with van der Waals surface area (Å²) in [6.07, 6.45) is 3.77. The molecule has 0 unspecified atom stereocenters. The highest BCUT2D eigenvalue weighted by Gasteiger charge is 2.13. The van der Waals surface area contributed by atoms with Gasteiger partial charge in [0.05, 0.1) is 27.8 Å². The minimum absolute atomic E-state index is 0.586. The number of hydrogen-bond acceptors (Lipinski definition) is 5. The van der Waals surface area contributed by atoms with Crippen molar-refractivity contribution in [2.45, 2.75) is 6.92 Å². The molecule has 0 saturated carbocycles. The maximum absolute atomic E-state index is 4.87. The summed E-state index contributed by atoms with van der Waals surface area (Å²) < 4.78 is 2.97. The number of nitrogens with zero attached hydrogens (tertiary/aromatic N) is 5. The van der Waals surface area contributed by atoms with Crippen LogP contribution in [0, 0.1) is 6.92 Å². The molecule has 0 aliphatic rings. The van der Waals surface area contributed by atoms with Crippen molar-refractivity contribution in [1.82, 2.24) is 20.2 Å². The number of aromatic nitrogens is 3. The van der Waals surface area contributed by atoms with E-state index in [1.807, 2.05) is 114 Å². The second-order valence-corrected chi connectivity index (χ2v) is 9.76. The number of fused-ring (bicyclic) bond motifs is 1. The molecule has 6 nitrogen and oxygen atoms in total. The molecule has 0 radical (unpaired) electrons. The number of aryl methyl sites for hydroxylation is 1. The van der Waals surface area contributed by atoms with Gasteiger partial charge in [0, 0.05) is 17.3 Å². The van der Waals surface area contributed by atoms with Gasteiger partial charge in [0.25, 0.3) is 0 Å². The molecule has 0 amide bonds. The van der Waals surface area contributed by atoms with Crippen LogP contribution in [0.5, 0.6) is 0 Å². The monoisotopic (exact) mass is 512 g/mol. The predicted molar refractivity (Wildman–Crippen MR) is 157 cm³/mol. The van der Waals surface area contributed by atoms with Gasteiger partial charge in [-0.05, 0) is 43.3 Å². The number of para-hydroxylation sites is 2. The lowest BCUT2D eigenvalue weighted by molar-refractivity contribution is 0.884. The first-order valence-electron chi connectivity index (χ1n) is 12.2. The number of hydrogen-bond donors (Lipinski definition) is 1. The number of nitrogens with one attached hydrogen (secondary N) is 1. The standard InChI is InChI=1S/C31H24N6S/c1-22-16-18-25(19-17-22)33-30(31-34-27-14-8-9-15-28(27)38-31)35-32-20-24-21-37(26-12-6-3-7-13-26)36-29(24)23-10-4-2-5-11-23/h2-21H,1H3,(H,33,35)/b32-20+. The van der Waals surface area contributed by atoms with Crippen molar-refractivity contribution in [1.29, 1.82) is 0 Å². The minimum Gasteiger partial charge on any atom is -0.259 e. The second-order valence-electron chi connectivity index (χ2n) is 8.73. The molecule has 0 bridgehead atoms. The van der Waals surface area contributed by atoms with Crippen molar-refractivity contribution in [2.75, 3.05) is 0 Å². The van der Waals surface area contributed by atoms with Crippen molar-refractivity contribution in [3.05, 3.63) is 132 Å². The molecule has 0 saturated heterocycles. The van der Waals surface area contributed by atoms with E-state index in [9.17, 15) is 0 Å². The lowest BCUT2D eigenvalue weighted by Crippen LogP contribution is -2.18. The Kier molecular flexibility index (Phi) is 6.57. The molecule has 38 heavy (non-hydrogen) atoms.